The molecule has 7 nitrogen and oxygen atoms in total. The summed E-state index contributed by atoms with van der Waals surface area (Å²) in [6.07, 6.45) is 0. The highest BCUT2D eigenvalue weighted by atomic mass is 32.1. The highest BCUT2D eigenvalue weighted by Crippen LogP contribution is 2.22. The van der Waals surface area contributed by atoms with E-state index in [1.807, 2.05) is 23.1 Å². The van der Waals surface area contributed by atoms with Crippen molar-refractivity contribution in [1.82, 2.24) is 14.9 Å². The summed E-state index contributed by atoms with van der Waals surface area (Å²) in [6, 6.07) is 9.38. The minimum atomic E-state index is -0.0964. The molecule has 26 heavy (non-hydrogen) atoms. The number of piperazine rings is 1. The Kier molecular flexibility index (Phi) is 4.34. The number of aromatic amines is 1. The predicted molar refractivity (Wildman–Crippen MR) is 104 cm³/mol. The molecule has 3 aromatic rings. The van der Waals surface area contributed by atoms with Gasteiger partial charge in [-0.1, -0.05) is 0 Å². The Morgan fingerprint density at radius 3 is 2.73 bits per heavy atom. The largest absolute Gasteiger partial charge is 0.368 e. The van der Waals surface area contributed by atoms with Crippen LogP contribution in [-0.2, 0) is 0 Å². The van der Waals surface area contributed by atoms with Crippen molar-refractivity contribution < 1.29 is 4.79 Å². The Morgan fingerprint density at radius 1 is 1.19 bits per heavy atom. The van der Waals surface area contributed by atoms with E-state index in [1.165, 1.54) is 17.4 Å². The molecule has 4 rings (SSSR count). The standard InChI is InChI=1S/C18H19N5O2S/c1-19-18-21-15(11-26-18)17(25)23-8-6-22(7-9-23)13-3-4-14-12(10-13)2-5-16(24)20-14/h2-5,10-11H,6-9H2,1H3,(H,19,21)(H,20,24). The lowest BCUT2D eigenvalue weighted by atomic mass is 10.1. The molecule has 0 atom stereocenters. The molecule has 1 saturated heterocycles. The third-order valence-corrected chi connectivity index (χ3v) is 5.44. The number of fused-ring (bicyclic) bond motifs is 1. The molecule has 2 aromatic heterocycles. The Hall–Kier alpha value is -2.87. The number of aromatic nitrogens is 2. The van der Waals surface area contributed by atoms with Gasteiger partial charge in [0.15, 0.2) is 5.13 Å². The van der Waals surface area contributed by atoms with Gasteiger partial charge < -0.3 is 20.1 Å². The summed E-state index contributed by atoms with van der Waals surface area (Å²) in [5.41, 5.74) is 2.34. The minimum Gasteiger partial charge on any atom is -0.368 e. The number of nitrogens with one attached hydrogen (secondary N) is 2. The van der Waals surface area contributed by atoms with Crippen LogP contribution in [0.5, 0.6) is 0 Å². The predicted octanol–water partition coefficient (Wildman–Crippen LogP) is 1.99. The fourth-order valence-electron chi connectivity index (χ4n) is 3.15. The number of hydrogen-bond acceptors (Lipinski definition) is 6. The number of rotatable bonds is 3. The fraction of sp³-hybridized carbons (Fsp3) is 0.278. The smallest absolute Gasteiger partial charge is 0.273 e. The number of nitrogens with zero attached hydrogens (tertiary/aromatic N) is 3. The molecule has 8 heteroatoms. The second-order valence-corrected chi connectivity index (χ2v) is 7.02. The van der Waals surface area contributed by atoms with E-state index in [0.717, 1.165) is 34.8 Å². The molecule has 134 valence electrons. The zero-order valence-electron chi connectivity index (χ0n) is 14.4. The molecule has 0 aliphatic carbocycles. The lowest BCUT2D eigenvalue weighted by Gasteiger charge is -2.36. The van der Waals surface area contributed by atoms with Gasteiger partial charge in [0.1, 0.15) is 5.69 Å². The third kappa shape index (κ3) is 3.15. The second-order valence-electron chi connectivity index (χ2n) is 6.16. The molecule has 1 aliphatic heterocycles. The van der Waals surface area contributed by atoms with Gasteiger partial charge in [-0.05, 0) is 24.3 Å². The van der Waals surface area contributed by atoms with Crippen molar-refractivity contribution in [1.29, 1.82) is 0 Å². The van der Waals surface area contributed by atoms with Crippen molar-refractivity contribution >= 4 is 39.0 Å². The van der Waals surface area contributed by atoms with Crippen molar-refractivity contribution in [2.75, 3.05) is 43.4 Å². The molecule has 0 unspecified atom stereocenters. The van der Waals surface area contributed by atoms with Gasteiger partial charge in [0, 0.05) is 61.3 Å². The number of benzene rings is 1. The van der Waals surface area contributed by atoms with Crippen LogP contribution in [0.1, 0.15) is 10.5 Å². The van der Waals surface area contributed by atoms with Crippen LogP contribution in [-0.4, -0.2) is 54.0 Å². The van der Waals surface area contributed by atoms with E-state index >= 15 is 0 Å². The fourth-order valence-corrected chi connectivity index (χ4v) is 3.80. The van der Waals surface area contributed by atoms with E-state index in [4.69, 9.17) is 0 Å². The molecule has 0 radical (unpaired) electrons. The highest BCUT2D eigenvalue weighted by Gasteiger charge is 2.24. The van der Waals surface area contributed by atoms with Crippen molar-refractivity contribution in [3.05, 3.63) is 51.8 Å². The molecule has 0 saturated carbocycles. The van der Waals surface area contributed by atoms with Crippen molar-refractivity contribution in [2.24, 2.45) is 0 Å². The molecule has 0 spiro atoms. The highest BCUT2D eigenvalue weighted by molar-refractivity contribution is 7.13. The lowest BCUT2D eigenvalue weighted by molar-refractivity contribution is 0.0742. The zero-order valence-corrected chi connectivity index (χ0v) is 15.2. The first-order valence-electron chi connectivity index (χ1n) is 8.44. The number of carbonyl (C=O) groups excluding carboxylic acids is 1. The Bertz CT molecular complexity index is 1000. The van der Waals surface area contributed by atoms with Gasteiger partial charge in [-0.3, -0.25) is 9.59 Å². The first-order chi connectivity index (χ1) is 12.6. The van der Waals surface area contributed by atoms with E-state index in [9.17, 15) is 9.59 Å². The van der Waals surface area contributed by atoms with E-state index < -0.39 is 0 Å². The average Bonchev–Trinajstić information content (AvgIpc) is 3.16. The van der Waals surface area contributed by atoms with Crippen molar-refractivity contribution in [3.63, 3.8) is 0 Å². The van der Waals surface area contributed by atoms with Crippen LogP contribution in [0.15, 0.2) is 40.5 Å². The first-order valence-corrected chi connectivity index (χ1v) is 9.32. The van der Waals surface area contributed by atoms with Gasteiger partial charge in [0.25, 0.3) is 5.91 Å². The van der Waals surface area contributed by atoms with Crippen LogP contribution in [0.2, 0.25) is 0 Å². The monoisotopic (exact) mass is 369 g/mol. The van der Waals surface area contributed by atoms with Crippen LogP contribution in [0.25, 0.3) is 10.9 Å². The molecule has 1 fully saturated rings. The van der Waals surface area contributed by atoms with Gasteiger partial charge in [0.2, 0.25) is 5.56 Å². The molecule has 3 heterocycles. The summed E-state index contributed by atoms with van der Waals surface area (Å²) in [6.45, 7) is 2.86. The molecule has 0 bridgehead atoms. The topological polar surface area (TPSA) is 81.3 Å². The maximum atomic E-state index is 12.6. The van der Waals surface area contributed by atoms with Crippen LogP contribution in [0, 0.1) is 0 Å². The van der Waals surface area contributed by atoms with Crippen molar-refractivity contribution in [2.45, 2.75) is 0 Å². The Balaban J connectivity index is 1.45. The van der Waals surface area contributed by atoms with Crippen LogP contribution in [0.3, 0.4) is 0 Å². The summed E-state index contributed by atoms with van der Waals surface area (Å²) >= 11 is 1.44. The first kappa shape index (κ1) is 16.6. The molecule has 1 amide bonds. The minimum absolute atomic E-state index is 0.0153. The van der Waals surface area contributed by atoms with Crippen molar-refractivity contribution in [3.8, 4) is 0 Å². The SMILES string of the molecule is CNc1nc(C(=O)N2CCN(c3ccc4[nH]c(=O)ccc4c3)CC2)cs1. The molecule has 1 aromatic carbocycles. The number of H-pyrrole nitrogens is 1. The van der Waals surface area contributed by atoms with E-state index in [-0.39, 0.29) is 11.5 Å². The number of amides is 1. The number of thiazole rings is 1. The summed E-state index contributed by atoms with van der Waals surface area (Å²) in [5, 5.41) is 6.51. The molecule has 1 aliphatic rings. The zero-order chi connectivity index (χ0) is 18.1. The molecular weight excluding hydrogens is 350 g/mol. The summed E-state index contributed by atoms with van der Waals surface area (Å²) in [4.78, 5) is 35.2. The Morgan fingerprint density at radius 2 is 2.00 bits per heavy atom. The van der Waals surface area contributed by atoms with E-state index in [2.05, 4.69) is 26.3 Å². The summed E-state index contributed by atoms with van der Waals surface area (Å²) in [5.74, 6) is -0.0153. The van der Waals surface area contributed by atoms with E-state index in [1.54, 1.807) is 12.4 Å². The van der Waals surface area contributed by atoms with E-state index in [0.29, 0.717) is 18.8 Å². The number of carbonyl (C=O) groups is 1. The normalized spacial score (nSPS) is 14.7. The maximum absolute atomic E-state index is 12.6. The van der Waals surface area contributed by atoms with Crippen LogP contribution < -0.4 is 15.8 Å². The number of hydrogen-bond donors (Lipinski definition) is 2. The molecule has 2 N–H and O–H groups in total. The number of pyridine rings is 1. The van der Waals surface area contributed by atoms with Gasteiger partial charge in [-0.25, -0.2) is 4.98 Å². The maximum Gasteiger partial charge on any atom is 0.273 e. The van der Waals surface area contributed by atoms with Gasteiger partial charge >= 0.3 is 0 Å². The quantitative estimate of drug-likeness (QED) is 0.738. The van der Waals surface area contributed by atoms with Gasteiger partial charge in [-0.2, -0.15) is 0 Å². The lowest BCUT2D eigenvalue weighted by Crippen LogP contribution is -2.48. The van der Waals surface area contributed by atoms with Gasteiger partial charge in [0.05, 0.1) is 0 Å². The van der Waals surface area contributed by atoms with Crippen LogP contribution in [0.4, 0.5) is 10.8 Å². The Labute approximate surface area is 154 Å². The van der Waals surface area contributed by atoms with Gasteiger partial charge in [-0.15, -0.1) is 11.3 Å². The summed E-state index contributed by atoms with van der Waals surface area (Å²) in [7, 11) is 1.80. The molecular formula is C18H19N5O2S. The third-order valence-electron chi connectivity index (χ3n) is 4.58. The number of anilines is 2. The average molecular weight is 369 g/mol. The second kappa shape index (κ2) is 6.80. The van der Waals surface area contributed by atoms with Crippen LogP contribution >= 0.6 is 11.3 Å². The summed E-state index contributed by atoms with van der Waals surface area (Å²) < 4.78 is 0.